The fourth-order valence-corrected chi connectivity index (χ4v) is 4.37. The number of carbonyl (C=O) groups is 2. The molecule has 3 atom stereocenters. The van der Waals surface area contributed by atoms with Crippen LogP contribution in [-0.4, -0.2) is 11.9 Å². The monoisotopic (exact) mass is 524 g/mol. The molecule has 0 amide bonds. The fourth-order valence-electron chi connectivity index (χ4n) is 4.37. The molecule has 0 saturated heterocycles. The highest BCUT2D eigenvalue weighted by molar-refractivity contribution is 5.84. The van der Waals surface area contributed by atoms with Gasteiger partial charge in [0.1, 0.15) is 29.9 Å². The third-order valence-electron chi connectivity index (χ3n) is 6.73. The minimum Gasteiger partial charge on any atom is -0.460 e. The molecule has 2 aliphatic carbocycles. The lowest BCUT2D eigenvalue weighted by Crippen LogP contribution is -2.28. The van der Waals surface area contributed by atoms with E-state index in [2.05, 4.69) is 0 Å². The van der Waals surface area contributed by atoms with Crippen LogP contribution in [0.15, 0.2) is 132 Å². The Kier molecular flexibility index (Phi) is 8.60. The maximum absolute atomic E-state index is 14.8. The summed E-state index contributed by atoms with van der Waals surface area (Å²) in [5, 5.41) is 0. The van der Waals surface area contributed by atoms with Gasteiger partial charge in [0, 0.05) is 0 Å². The van der Waals surface area contributed by atoms with Crippen molar-refractivity contribution in [3.8, 4) is 0 Å². The maximum atomic E-state index is 14.8. The van der Waals surface area contributed by atoms with Crippen molar-refractivity contribution in [3.63, 3.8) is 0 Å². The van der Waals surface area contributed by atoms with Crippen molar-refractivity contribution >= 4 is 11.9 Å². The number of carbonyl (C=O) groups excluding carboxylic acids is 2. The molecular weight excluding hydrogens is 491 g/mol. The Morgan fingerprint density at radius 1 is 0.718 bits per heavy atom. The third-order valence-corrected chi connectivity index (χ3v) is 6.73. The smallest absolute Gasteiger partial charge is 0.320 e. The molecule has 0 radical (unpaired) electrons. The molecule has 0 bridgehead atoms. The van der Waals surface area contributed by atoms with E-state index in [0.29, 0.717) is 11.1 Å². The van der Waals surface area contributed by atoms with Crippen molar-refractivity contribution < 1.29 is 23.5 Å². The normalized spacial score (nSPS) is 27.4. The van der Waals surface area contributed by atoms with Crippen LogP contribution in [0, 0.1) is 16.7 Å². The van der Waals surface area contributed by atoms with Gasteiger partial charge >= 0.3 is 11.9 Å². The Balaban J connectivity index is 1.64. The summed E-state index contributed by atoms with van der Waals surface area (Å²) in [6.07, 6.45) is 15.4. The molecule has 0 aliphatic heterocycles. The summed E-state index contributed by atoms with van der Waals surface area (Å²) in [6.45, 7) is 5.65. The molecule has 0 heterocycles. The van der Waals surface area contributed by atoms with Gasteiger partial charge in [0.25, 0.3) is 0 Å². The summed E-state index contributed by atoms with van der Waals surface area (Å²) >= 11 is 0. The fraction of sp³-hybridized carbons (Fsp3) is 0.235. The summed E-state index contributed by atoms with van der Waals surface area (Å²) in [7, 11) is 0. The molecule has 0 aromatic heterocycles. The van der Waals surface area contributed by atoms with Gasteiger partial charge in [0.15, 0.2) is 0 Å². The zero-order chi connectivity index (χ0) is 27.9. The van der Waals surface area contributed by atoms with Crippen molar-refractivity contribution in [1.82, 2.24) is 0 Å². The van der Waals surface area contributed by atoms with E-state index in [1.54, 1.807) is 32.1 Å². The number of hydrogen-bond donors (Lipinski definition) is 0. The van der Waals surface area contributed by atoms with Crippen LogP contribution in [0.4, 0.5) is 4.39 Å². The topological polar surface area (TPSA) is 52.6 Å². The lowest BCUT2D eigenvalue weighted by molar-refractivity contribution is -0.152. The van der Waals surface area contributed by atoms with E-state index in [1.165, 1.54) is 12.2 Å². The molecule has 4 rings (SSSR count). The Morgan fingerprint density at radius 2 is 1.23 bits per heavy atom. The standard InChI is InChI=1S/C34H33FO4/c1-25-14-15-28(20-33(2,19-18-25)31(36)38-23-26-10-6-4-7-11-26)29-16-17-30(35)22-34(3,21-29)32(37)39-24-27-12-8-5-9-13-27/h4-22,25H,23-24H2,1-3H3/b15-14-,19-18-,28-20+/t25-,33?,34?/m0/s1. The Bertz CT molecular complexity index is 1380. The number of hydrogen-bond acceptors (Lipinski definition) is 4. The van der Waals surface area contributed by atoms with Crippen LogP contribution in [0.2, 0.25) is 0 Å². The summed E-state index contributed by atoms with van der Waals surface area (Å²) < 4.78 is 26.0. The molecule has 5 heteroatoms. The molecule has 39 heavy (non-hydrogen) atoms. The third kappa shape index (κ3) is 7.20. The molecular formula is C34H33FO4. The molecule has 2 aliphatic rings. The van der Waals surface area contributed by atoms with Crippen molar-refractivity contribution in [2.45, 2.75) is 34.0 Å². The van der Waals surface area contributed by atoms with E-state index < -0.39 is 28.6 Å². The number of esters is 2. The summed E-state index contributed by atoms with van der Waals surface area (Å²) in [6, 6.07) is 18.8. The van der Waals surface area contributed by atoms with Gasteiger partial charge in [-0.3, -0.25) is 9.59 Å². The van der Waals surface area contributed by atoms with Crippen LogP contribution in [0.5, 0.6) is 0 Å². The van der Waals surface area contributed by atoms with E-state index in [0.717, 1.165) is 11.1 Å². The molecule has 2 unspecified atom stereocenters. The van der Waals surface area contributed by atoms with Crippen LogP contribution < -0.4 is 0 Å². The number of ether oxygens (including phenoxy) is 2. The van der Waals surface area contributed by atoms with Crippen LogP contribution in [0.25, 0.3) is 0 Å². The SMILES string of the molecule is C[C@H]1/C=C\C(C2=CC(C)(C(=O)OCc3ccccc3)C=C(F)C=C2)=C/C(C)(C(=O)OCc2ccccc2)/C=C\1. The minimum atomic E-state index is -1.36. The number of rotatable bonds is 7. The Labute approximate surface area is 229 Å². The quantitative estimate of drug-likeness (QED) is 0.278. The van der Waals surface area contributed by atoms with Gasteiger partial charge in [-0.05, 0) is 54.2 Å². The van der Waals surface area contributed by atoms with E-state index >= 15 is 0 Å². The van der Waals surface area contributed by atoms with Gasteiger partial charge in [0.05, 0.1) is 0 Å². The number of benzene rings is 2. The second-order valence-corrected chi connectivity index (χ2v) is 10.3. The lowest BCUT2D eigenvalue weighted by Gasteiger charge is -2.25. The van der Waals surface area contributed by atoms with Gasteiger partial charge in [-0.2, -0.15) is 0 Å². The molecule has 0 fully saturated rings. The second kappa shape index (κ2) is 12.1. The first-order valence-corrected chi connectivity index (χ1v) is 13.0. The van der Waals surface area contributed by atoms with Crippen molar-refractivity contribution in [3.05, 3.63) is 143 Å². The number of allylic oxidation sites excluding steroid dienone is 8. The highest BCUT2D eigenvalue weighted by Gasteiger charge is 2.35. The van der Waals surface area contributed by atoms with Gasteiger partial charge in [-0.1, -0.05) is 110 Å². The van der Waals surface area contributed by atoms with Crippen LogP contribution in [0.3, 0.4) is 0 Å². The van der Waals surface area contributed by atoms with E-state index in [9.17, 15) is 14.0 Å². The number of halogens is 1. The summed E-state index contributed by atoms with van der Waals surface area (Å²) in [5.74, 6) is -1.48. The van der Waals surface area contributed by atoms with E-state index in [1.807, 2.05) is 91.9 Å². The average Bonchev–Trinajstić information content (AvgIpc) is 3.09. The summed E-state index contributed by atoms with van der Waals surface area (Å²) in [5.41, 5.74) is 0.556. The van der Waals surface area contributed by atoms with Crippen LogP contribution >= 0.6 is 0 Å². The highest BCUT2D eigenvalue weighted by atomic mass is 19.1. The molecule has 200 valence electrons. The molecule has 2 aromatic rings. The first kappa shape index (κ1) is 27.8. The van der Waals surface area contributed by atoms with E-state index in [4.69, 9.17) is 9.47 Å². The first-order valence-electron chi connectivity index (χ1n) is 13.0. The predicted octanol–water partition coefficient (Wildman–Crippen LogP) is 7.52. The molecule has 0 N–H and O–H groups in total. The largest absolute Gasteiger partial charge is 0.460 e. The van der Waals surface area contributed by atoms with Crippen LogP contribution in [-0.2, 0) is 32.3 Å². The van der Waals surface area contributed by atoms with Crippen molar-refractivity contribution in [2.24, 2.45) is 16.7 Å². The Morgan fingerprint density at radius 3 is 1.82 bits per heavy atom. The van der Waals surface area contributed by atoms with Gasteiger partial charge < -0.3 is 9.47 Å². The zero-order valence-corrected chi connectivity index (χ0v) is 22.5. The van der Waals surface area contributed by atoms with Gasteiger partial charge in [-0.15, -0.1) is 0 Å². The summed E-state index contributed by atoms with van der Waals surface area (Å²) in [4.78, 5) is 26.6. The zero-order valence-electron chi connectivity index (χ0n) is 22.5. The van der Waals surface area contributed by atoms with Gasteiger partial charge in [0.2, 0.25) is 0 Å². The van der Waals surface area contributed by atoms with Gasteiger partial charge in [-0.25, -0.2) is 4.39 Å². The molecule has 0 spiro atoms. The second-order valence-electron chi connectivity index (χ2n) is 10.3. The van der Waals surface area contributed by atoms with Crippen LogP contribution in [0.1, 0.15) is 31.9 Å². The van der Waals surface area contributed by atoms with Crippen molar-refractivity contribution in [1.29, 1.82) is 0 Å². The molecule has 0 saturated carbocycles. The Hall–Kier alpha value is -4.25. The molecule has 2 aromatic carbocycles. The maximum Gasteiger partial charge on any atom is 0.320 e. The minimum absolute atomic E-state index is 0.0439. The van der Waals surface area contributed by atoms with Crippen molar-refractivity contribution in [2.75, 3.05) is 0 Å². The predicted molar refractivity (Wildman–Crippen MR) is 151 cm³/mol. The average molecular weight is 525 g/mol. The van der Waals surface area contributed by atoms with E-state index in [-0.39, 0.29) is 19.1 Å². The highest BCUT2D eigenvalue weighted by Crippen LogP contribution is 2.36. The first-order chi connectivity index (χ1) is 18.7. The molecule has 4 nitrogen and oxygen atoms in total. The lowest BCUT2D eigenvalue weighted by atomic mass is 9.81.